The SMILES string of the molecule is O=C(COc1ccc([N+](=O)[O-])cc1)OCc1ccc(Br)cc1. The largest absolute Gasteiger partial charge is 0.482 e. The van der Waals surface area contributed by atoms with Crippen molar-refractivity contribution >= 4 is 27.6 Å². The number of carbonyl (C=O) groups is 1. The molecule has 7 heteroatoms. The first kappa shape index (κ1) is 16.0. The number of non-ortho nitro benzene ring substituents is 1. The molecule has 0 amide bonds. The fourth-order valence-corrected chi connectivity index (χ4v) is 1.86. The van der Waals surface area contributed by atoms with Crippen molar-refractivity contribution in [1.29, 1.82) is 0 Å². The van der Waals surface area contributed by atoms with Crippen LogP contribution in [0.2, 0.25) is 0 Å². The molecule has 0 aliphatic carbocycles. The fraction of sp³-hybridized carbons (Fsp3) is 0.133. The number of rotatable bonds is 6. The van der Waals surface area contributed by atoms with Gasteiger partial charge in [0.2, 0.25) is 0 Å². The number of ether oxygens (including phenoxy) is 2. The van der Waals surface area contributed by atoms with Gasteiger partial charge in [0, 0.05) is 16.6 Å². The third-order valence-electron chi connectivity index (χ3n) is 2.72. The maximum atomic E-state index is 11.6. The van der Waals surface area contributed by atoms with Gasteiger partial charge in [-0.3, -0.25) is 10.1 Å². The lowest BCUT2D eigenvalue weighted by Crippen LogP contribution is -2.14. The Labute approximate surface area is 134 Å². The molecule has 22 heavy (non-hydrogen) atoms. The van der Waals surface area contributed by atoms with Gasteiger partial charge >= 0.3 is 5.97 Å². The Kier molecular flexibility index (Phi) is 5.48. The van der Waals surface area contributed by atoms with E-state index in [2.05, 4.69) is 15.9 Å². The number of hydrogen-bond donors (Lipinski definition) is 0. The highest BCUT2D eigenvalue weighted by molar-refractivity contribution is 9.10. The first-order valence-electron chi connectivity index (χ1n) is 6.32. The van der Waals surface area contributed by atoms with E-state index in [4.69, 9.17) is 9.47 Å². The second-order valence-corrected chi connectivity index (χ2v) is 5.24. The minimum atomic E-state index is -0.513. The van der Waals surface area contributed by atoms with Crippen molar-refractivity contribution < 1.29 is 19.2 Å². The zero-order valence-electron chi connectivity index (χ0n) is 11.4. The number of hydrogen-bond acceptors (Lipinski definition) is 5. The van der Waals surface area contributed by atoms with Crippen molar-refractivity contribution in [3.8, 4) is 5.75 Å². The third kappa shape index (κ3) is 4.85. The number of carbonyl (C=O) groups excluding carboxylic acids is 1. The van der Waals surface area contributed by atoms with Gasteiger partial charge in [0.1, 0.15) is 12.4 Å². The van der Waals surface area contributed by atoms with Crippen molar-refractivity contribution in [1.82, 2.24) is 0 Å². The Morgan fingerprint density at radius 1 is 1.09 bits per heavy atom. The molecule has 0 atom stereocenters. The van der Waals surface area contributed by atoms with Crippen LogP contribution in [0.25, 0.3) is 0 Å². The van der Waals surface area contributed by atoms with E-state index in [-0.39, 0.29) is 18.9 Å². The van der Waals surface area contributed by atoms with E-state index in [1.807, 2.05) is 24.3 Å². The summed E-state index contributed by atoms with van der Waals surface area (Å²) in [7, 11) is 0. The van der Waals surface area contributed by atoms with Crippen molar-refractivity contribution in [3.63, 3.8) is 0 Å². The Bertz CT molecular complexity index is 655. The van der Waals surface area contributed by atoms with Crippen LogP contribution < -0.4 is 4.74 Å². The maximum absolute atomic E-state index is 11.6. The summed E-state index contributed by atoms with van der Waals surface area (Å²) in [5.41, 5.74) is 0.831. The van der Waals surface area contributed by atoms with E-state index >= 15 is 0 Å². The van der Waals surface area contributed by atoms with E-state index in [0.717, 1.165) is 10.0 Å². The highest BCUT2D eigenvalue weighted by Gasteiger charge is 2.07. The van der Waals surface area contributed by atoms with Crippen molar-refractivity contribution in [3.05, 3.63) is 68.7 Å². The molecular formula is C15H12BrNO5. The van der Waals surface area contributed by atoms with Gasteiger partial charge in [0.15, 0.2) is 6.61 Å². The van der Waals surface area contributed by atoms with Gasteiger partial charge in [0.05, 0.1) is 4.92 Å². The van der Waals surface area contributed by atoms with E-state index in [1.165, 1.54) is 24.3 Å². The number of nitrogens with zero attached hydrogens (tertiary/aromatic N) is 1. The summed E-state index contributed by atoms with van der Waals surface area (Å²) in [6, 6.07) is 12.9. The van der Waals surface area contributed by atoms with E-state index < -0.39 is 10.9 Å². The normalized spacial score (nSPS) is 10.0. The van der Waals surface area contributed by atoms with Gasteiger partial charge in [-0.2, -0.15) is 0 Å². The average Bonchev–Trinajstić information content (AvgIpc) is 2.52. The average molecular weight is 366 g/mol. The van der Waals surface area contributed by atoms with Crippen LogP contribution in [0.4, 0.5) is 5.69 Å². The lowest BCUT2D eigenvalue weighted by atomic mass is 10.2. The zero-order valence-corrected chi connectivity index (χ0v) is 13.0. The molecule has 0 fully saturated rings. The smallest absolute Gasteiger partial charge is 0.344 e. The summed E-state index contributed by atoms with van der Waals surface area (Å²) in [6.07, 6.45) is 0. The molecule has 114 valence electrons. The summed E-state index contributed by atoms with van der Waals surface area (Å²) in [6.45, 7) is -0.0932. The zero-order chi connectivity index (χ0) is 15.9. The monoisotopic (exact) mass is 365 g/mol. The Balaban J connectivity index is 1.77. The standard InChI is InChI=1S/C15H12BrNO5/c16-12-3-1-11(2-4-12)9-22-15(18)10-21-14-7-5-13(6-8-14)17(19)20/h1-8H,9-10H2. The number of nitro benzene ring substituents is 1. The predicted molar refractivity (Wildman–Crippen MR) is 82.5 cm³/mol. The lowest BCUT2D eigenvalue weighted by molar-refractivity contribution is -0.384. The molecule has 0 spiro atoms. The highest BCUT2D eigenvalue weighted by atomic mass is 79.9. The van der Waals surface area contributed by atoms with E-state index in [9.17, 15) is 14.9 Å². The first-order valence-corrected chi connectivity index (χ1v) is 7.11. The highest BCUT2D eigenvalue weighted by Crippen LogP contribution is 2.17. The molecule has 6 nitrogen and oxygen atoms in total. The molecule has 2 aromatic carbocycles. The van der Waals surface area contributed by atoms with Gasteiger partial charge in [-0.25, -0.2) is 4.79 Å². The van der Waals surface area contributed by atoms with Crippen molar-refractivity contribution in [2.75, 3.05) is 6.61 Å². The molecule has 0 aliphatic rings. The van der Waals surface area contributed by atoms with Gasteiger partial charge in [-0.15, -0.1) is 0 Å². The lowest BCUT2D eigenvalue weighted by Gasteiger charge is -2.07. The molecular weight excluding hydrogens is 354 g/mol. The summed E-state index contributed by atoms with van der Waals surface area (Å²) in [5.74, 6) is -0.146. The number of halogens is 1. The molecule has 0 saturated heterocycles. The summed E-state index contributed by atoms with van der Waals surface area (Å²) >= 11 is 3.32. The fourth-order valence-electron chi connectivity index (χ4n) is 1.59. The molecule has 0 aliphatic heterocycles. The van der Waals surface area contributed by atoms with Gasteiger partial charge in [0.25, 0.3) is 5.69 Å². The molecule has 0 N–H and O–H groups in total. The Morgan fingerprint density at radius 2 is 1.73 bits per heavy atom. The van der Waals surface area contributed by atoms with Crippen LogP contribution in [0.15, 0.2) is 53.0 Å². The molecule has 0 unspecified atom stereocenters. The summed E-state index contributed by atoms with van der Waals surface area (Å²) in [4.78, 5) is 21.6. The number of nitro groups is 1. The Morgan fingerprint density at radius 3 is 2.32 bits per heavy atom. The summed E-state index contributed by atoms with van der Waals surface area (Å²) < 4.78 is 11.2. The molecule has 2 aromatic rings. The number of benzene rings is 2. The molecule has 0 radical (unpaired) electrons. The van der Waals surface area contributed by atoms with Crippen LogP contribution >= 0.6 is 15.9 Å². The van der Waals surface area contributed by atoms with Crippen LogP contribution in [0.5, 0.6) is 5.75 Å². The first-order chi connectivity index (χ1) is 10.5. The van der Waals surface area contributed by atoms with Gasteiger partial charge in [-0.1, -0.05) is 28.1 Å². The van der Waals surface area contributed by atoms with E-state index in [1.54, 1.807) is 0 Å². The van der Waals surface area contributed by atoms with Gasteiger partial charge < -0.3 is 9.47 Å². The Hall–Kier alpha value is -2.41. The van der Waals surface area contributed by atoms with Crippen LogP contribution in [0, 0.1) is 10.1 Å². The van der Waals surface area contributed by atoms with Crippen molar-refractivity contribution in [2.24, 2.45) is 0 Å². The molecule has 0 saturated carbocycles. The topological polar surface area (TPSA) is 78.7 Å². The molecule has 0 aromatic heterocycles. The maximum Gasteiger partial charge on any atom is 0.344 e. The second kappa shape index (κ2) is 7.56. The second-order valence-electron chi connectivity index (χ2n) is 4.33. The quantitative estimate of drug-likeness (QED) is 0.444. The van der Waals surface area contributed by atoms with E-state index in [0.29, 0.717) is 5.75 Å². The van der Waals surface area contributed by atoms with Crippen molar-refractivity contribution in [2.45, 2.75) is 6.61 Å². The molecule has 2 rings (SSSR count). The molecule has 0 heterocycles. The van der Waals surface area contributed by atoms with Crippen LogP contribution in [0.3, 0.4) is 0 Å². The van der Waals surface area contributed by atoms with Crippen LogP contribution in [-0.2, 0) is 16.1 Å². The molecule has 0 bridgehead atoms. The minimum Gasteiger partial charge on any atom is -0.482 e. The van der Waals surface area contributed by atoms with Crippen LogP contribution in [-0.4, -0.2) is 17.5 Å². The predicted octanol–water partition coefficient (Wildman–Crippen LogP) is 3.48. The number of esters is 1. The van der Waals surface area contributed by atoms with Gasteiger partial charge in [-0.05, 0) is 29.8 Å². The summed E-state index contributed by atoms with van der Waals surface area (Å²) in [5, 5.41) is 10.5. The third-order valence-corrected chi connectivity index (χ3v) is 3.25. The minimum absolute atomic E-state index is 0.0369. The van der Waals surface area contributed by atoms with Crippen LogP contribution in [0.1, 0.15) is 5.56 Å².